The lowest BCUT2D eigenvalue weighted by atomic mass is 9.88. The third-order valence-corrected chi connectivity index (χ3v) is 6.45. The van der Waals surface area contributed by atoms with Crippen molar-refractivity contribution in [2.45, 2.75) is 45.5 Å². The summed E-state index contributed by atoms with van der Waals surface area (Å²) < 4.78 is 46.6. The molecule has 4 rings (SSSR count). The number of nitrogens with zero attached hydrogens (tertiary/aromatic N) is 2. The van der Waals surface area contributed by atoms with E-state index in [0.717, 1.165) is 16.0 Å². The van der Waals surface area contributed by atoms with Gasteiger partial charge in [-0.15, -0.1) is 0 Å². The maximum absolute atomic E-state index is 13.8. The van der Waals surface area contributed by atoms with E-state index in [1.807, 2.05) is 19.9 Å². The molecular formula is C28H27F3N2O3. The van der Waals surface area contributed by atoms with E-state index in [-0.39, 0.29) is 18.0 Å². The number of hydrogen-bond donors (Lipinski definition) is 0. The third-order valence-electron chi connectivity index (χ3n) is 6.45. The van der Waals surface area contributed by atoms with Crippen molar-refractivity contribution in [2.24, 2.45) is 0 Å². The van der Waals surface area contributed by atoms with Crippen LogP contribution in [0.2, 0.25) is 0 Å². The molecule has 3 aromatic carbocycles. The zero-order valence-corrected chi connectivity index (χ0v) is 20.5. The highest BCUT2D eigenvalue weighted by molar-refractivity contribution is 6.08. The summed E-state index contributed by atoms with van der Waals surface area (Å²) in [4.78, 5) is 28.7. The number of methoxy groups -OCH3 is 1. The fraction of sp³-hybridized carbons (Fsp3) is 0.286. The lowest BCUT2D eigenvalue weighted by molar-refractivity contribution is -0.171. The van der Waals surface area contributed by atoms with Crippen molar-refractivity contribution in [3.05, 3.63) is 89.0 Å². The summed E-state index contributed by atoms with van der Waals surface area (Å²) in [6, 6.07) is 17.0. The fourth-order valence-electron chi connectivity index (χ4n) is 4.66. The van der Waals surface area contributed by atoms with Gasteiger partial charge in [-0.25, -0.2) is 0 Å². The first kappa shape index (κ1) is 25.3. The molecule has 2 unspecified atom stereocenters. The molecule has 0 aromatic heterocycles. The Morgan fingerprint density at radius 3 is 2.14 bits per heavy atom. The van der Waals surface area contributed by atoms with E-state index in [1.165, 1.54) is 19.2 Å². The minimum Gasteiger partial charge on any atom is -0.497 e. The van der Waals surface area contributed by atoms with Gasteiger partial charge in [-0.1, -0.05) is 35.4 Å². The molecule has 0 bridgehead atoms. The molecule has 188 valence electrons. The van der Waals surface area contributed by atoms with Gasteiger partial charge in [-0.3, -0.25) is 14.5 Å². The largest absolute Gasteiger partial charge is 0.497 e. The van der Waals surface area contributed by atoms with Crippen LogP contribution in [0.25, 0.3) is 0 Å². The number of carbonyl (C=O) groups is 2. The topological polar surface area (TPSA) is 49.9 Å². The molecule has 5 nitrogen and oxygen atoms in total. The molecule has 0 fully saturated rings. The summed E-state index contributed by atoms with van der Waals surface area (Å²) in [5.41, 5.74) is 3.23. The number of aryl methyl sites for hydroxylation is 2. The van der Waals surface area contributed by atoms with Gasteiger partial charge >= 0.3 is 12.1 Å². The zero-order valence-electron chi connectivity index (χ0n) is 20.5. The number of carbonyl (C=O) groups excluding carboxylic acids is 2. The first-order valence-corrected chi connectivity index (χ1v) is 11.6. The van der Waals surface area contributed by atoms with Crippen molar-refractivity contribution < 1.29 is 27.5 Å². The highest BCUT2D eigenvalue weighted by atomic mass is 19.4. The summed E-state index contributed by atoms with van der Waals surface area (Å²) >= 11 is 0. The van der Waals surface area contributed by atoms with Crippen molar-refractivity contribution >= 4 is 23.2 Å². The van der Waals surface area contributed by atoms with Gasteiger partial charge < -0.3 is 9.64 Å². The van der Waals surface area contributed by atoms with Crippen molar-refractivity contribution in [1.82, 2.24) is 0 Å². The summed E-state index contributed by atoms with van der Waals surface area (Å²) in [7, 11) is 1.53. The molecule has 1 aliphatic rings. The van der Waals surface area contributed by atoms with Gasteiger partial charge in [0, 0.05) is 23.0 Å². The molecule has 0 saturated carbocycles. The smallest absolute Gasteiger partial charge is 0.471 e. The third kappa shape index (κ3) is 4.80. The molecule has 1 heterocycles. The quantitative estimate of drug-likeness (QED) is 0.421. The second-order valence-corrected chi connectivity index (χ2v) is 9.07. The van der Waals surface area contributed by atoms with Crippen molar-refractivity contribution in [2.75, 3.05) is 16.9 Å². The van der Waals surface area contributed by atoms with Gasteiger partial charge in [0.05, 0.1) is 13.2 Å². The molecule has 2 amide bonds. The highest BCUT2D eigenvalue weighted by Crippen LogP contribution is 2.44. The predicted molar refractivity (Wildman–Crippen MR) is 133 cm³/mol. The first-order valence-electron chi connectivity index (χ1n) is 11.6. The number of fused-ring (bicyclic) bond motifs is 1. The number of hydrogen-bond acceptors (Lipinski definition) is 3. The molecule has 0 N–H and O–H groups in total. The zero-order chi connectivity index (χ0) is 26.2. The van der Waals surface area contributed by atoms with Gasteiger partial charge in [0.1, 0.15) is 5.75 Å². The summed E-state index contributed by atoms with van der Waals surface area (Å²) in [6.45, 7) is 5.43. The van der Waals surface area contributed by atoms with Crippen molar-refractivity contribution in [1.29, 1.82) is 0 Å². The minimum absolute atomic E-state index is 0.133. The molecule has 3 aromatic rings. The summed E-state index contributed by atoms with van der Waals surface area (Å²) in [6.07, 6.45) is -4.93. The van der Waals surface area contributed by atoms with E-state index < -0.39 is 24.2 Å². The number of amides is 2. The average molecular weight is 497 g/mol. The molecule has 8 heteroatoms. The maximum Gasteiger partial charge on any atom is 0.471 e. The van der Waals surface area contributed by atoms with Gasteiger partial charge in [0.15, 0.2) is 0 Å². The molecule has 0 aliphatic carbocycles. The average Bonchev–Trinajstić information content (AvgIpc) is 2.84. The summed E-state index contributed by atoms with van der Waals surface area (Å²) in [5, 5.41) is 0. The minimum atomic E-state index is -5.06. The van der Waals surface area contributed by atoms with E-state index >= 15 is 0 Å². The van der Waals surface area contributed by atoms with Crippen LogP contribution in [-0.2, 0) is 4.79 Å². The SMILES string of the molecule is COc1ccc(C(=O)N2c3ccc(C)cc3C(N(C(=O)C(F)(F)F)c3ccc(C)cc3)CC2C)cc1. The Morgan fingerprint density at radius 2 is 1.56 bits per heavy atom. The number of anilines is 2. The van der Waals surface area contributed by atoms with Crippen LogP contribution in [0.1, 0.15) is 46.4 Å². The van der Waals surface area contributed by atoms with Crippen LogP contribution < -0.4 is 14.5 Å². The van der Waals surface area contributed by atoms with E-state index in [9.17, 15) is 22.8 Å². The monoisotopic (exact) mass is 496 g/mol. The van der Waals surface area contributed by atoms with Crippen LogP contribution >= 0.6 is 0 Å². The Morgan fingerprint density at radius 1 is 0.944 bits per heavy atom. The van der Waals surface area contributed by atoms with Crippen LogP contribution in [0.15, 0.2) is 66.7 Å². The van der Waals surface area contributed by atoms with Crippen LogP contribution in [0.4, 0.5) is 24.5 Å². The standard InChI is InChI=1S/C28H27F3N2O3/c1-17-5-10-21(11-6-17)33(27(35)28(29,30)31)25-16-19(3)32(24-14-7-18(2)15-23(24)25)26(34)20-8-12-22(36-4)13-9-20/h5-15,19,25H,16H2,1-4H3. The Hall–Kier alpha value is -3.81. The Kier molecular flexibility index (Phi) is 6.80. The van der Waals surface area contributed by atoms with Gasteiger partial charge in [0.2, 0.25) is 0 Å². The Bertz CT molecular complexity index is 1270. The van der Waals surface area contributed by atoms with Crippen LogP contribution in [0.5, 0.6) is 5.75 Å². The number of rotatable bonds is 4. The first-order chi connectivity index (χ1) is 17.0. The van der Waals surface area contributed by atoms with Crippen LogP contribution in [-0.4, -0.2) is 31.1 Å². The maximum atomic E-state index is 13.8. The second kappa shape index (κ2) is 9.68. The molecule has 36 heavy (non-hydrogen) atoms. The Labute approximate surface area is 208 Å². The van der Waals surface area contributed by atoms with Crippen molar-refractivity contribution in [3.63, 3.8) is 0 Å². The van der Waals surface area contributed by atoms with E-state index in [1.54, 1.807) is 60.4 Å². The molecule has 0 spiro atoms. The molecule has 1 aliphatic heterocycles. The van der Waals surface area contributed by atoms with Gasteiger partial charge in [0.25, 0.3) is 5.91 Å². The predicted octanol–water partition coefficient (Wildman–Crippen LogP) is 6.39. The number of ether oxygens (including phenoxy) is 1. The van der Waals surface area contributed by atoms with Crippen LogP contribution in [0, 0.1) is 13.8 Å². The van der Waals surface area contributed by atoms with Crippen molar-refractivity contribution in [3.8, 4) is 5.75 Å². The summed E-state index contributed by atoms with van der Waals surface area (Å²) in [5.74, 6) is -1.61. The van der Waals surface area contributed by atoms with E-state index in [0.29, 0.717) is 22.6 Å². The highest BCUT2D eigenvalue weighted by Gasteiger charge is 2.48. The number of benzene rings is 3. The second-order valence-electron chi connectivity index (χ2n) is 9.07. The molecule has 2 atom stereocenters. The van der Waals surface area contributed by atoms with E-state index in [4.69, 9.17) is 4.74 Å². The Balaban J connectivity index is 1.83. The number of alkyl halides is 3. The number of halogens is 3. The van der Waals surface area contributed by atoms with E-state index in [2.05, 4.69) is 0 Å². The lowest BCUT2D eigenvalue weighted by Crippen LogP contribution is -2.50. The van der Waals surface area contributed by atoms with Gasteiger partial charge in [-0.2, -0.15) is 13.2 Å². The normalized spacial score (nSPS) is 17.4. The molecule has 0 saturated heterocycles. The van der Waals surface area contributed by atoms with Gasteiger partial charge in [-0.05, 0) is 75.2 Å². The molecule has 0 radical (unpaired) electrons. The fourth-order valence-corrected chi connectivity index (χ4v) is 4.66. The van der Waals surface area contributed by atoms with Crippen LogP contribution in [0.3, 0.4) is 0 Å². The lowest BCUT2D eigenvalue weighted by Gasteiger charge is -2.43. The molecular weight excluding hydrogens is 469 g/mol.